The first-order valence-corrected chi connectivity index (χ1v) is 4.76. The summed E-state index contributed by atoms with van der Waals surface area (Å²) in [4.78, 5) is 0. The number of thioether (sulfide) groups is 1. The molecule has 0 amide bonds. The van der Waals surface area contributed by atoms with E-state index in [1.54, 1.807) is 0 Å². The Hall–Kier alpha value is 0.0500. The standard InChI is InChI=1S/C8H15OS/c1-3-5-6-7-10-8(9)4-2/h4,8H,2-3,5-7H2,1H3. The summed E-state index contributed by atoms with van der Waals surface area (Å²) in [6, 6.07) is 0. The third-order valence-corrected chi connectivity index (χ3v) is 2.27. The number of hydrogen-bond acceptors (Lipinski definition) is 1. The second kappa shape index (κ2) is 7.16. The van der Waals surface area contributed by atoms with Crippen molar-refractivity contribution in [3.05, 3.63) is 12.7 Å². The largest absolute Gasteiger partial charge is 0.217 e. The minimum absolute atomic E-state index is 0.614. The minimum Gasteiger partial charge on any atom is -0.217 e. The lowest BCUT2D eigenvalue weighted by atomic mass is 10.3. The first-order chi connectivity index (χ1) is 4.81. The summed E-state index contributed by atoms with van der Waals surface area (Å²) in [5, 5.41) is 10.7. The molecule has 2 heteroatoms. The van der Waals surface area contributed by atoms with Crippen LogP contribution in [0.2, 0.25) is 0 Å². The molecule has 0 aromatic rings. The van der Waals surface area contributed by atoms with Crippen molar-refractivity contribution in [2.45, 2.75) is 31.6 Å². The topological polar surface area (TPSA) is 19.9 Å². The second-order valence-corrected chi connectivity index (χ2v) is 3.39. The Bertz CT molecular complexity index is 83.3. The van der Waals surface area contributed by atoms with Crippen LogP contribution in [-0.4, -0.2) is 11.2 Å². The lowest BCUT2D eigenvalue weighted by Gasteiger charge is -2.00. The van der Waals surface area contributed by atoms with E-state index in [2.05, 4.69) is 13.5 Å². The van der Waals surface area contributed by atoms with Gasteiger partial charge in [-0.25, -0.2) is 5.11 Å². The fourth-order valence-corrected chi connectivity index (χ4v) is 1.36. The summed E-state index contributed by atoms with van der Waals surface area (Å²) in [6.07, 6.45) is 5.07. The third kappa shape index (κ3) is 6.17. The van der Waals surface area contributed by atoms with Crippen LogP contribution in [0.3, 0.4) is 0 Å². The van der Waals surface area contributed by atoms with Gasteiger partial charge in [-0.3, -0.25) is 0 Å². The van der Waals surface area contributed by atoms with Gasteiger partial charge >= 0.3 is 0 Å². The summed E-state index contributed by atoms with van der Waals surface area (Å²) in [6.45, 7) is 5.59. The van der Waals surface area contributed by atoms with Crippen LogP contribution in [-0.2, 0) is 5.11 Å². The van der Waals surface area contributed by atoms with E-state index < -0.39 is 5.44 Å². The predicted molar refractivity (Wildman–Crippen MR) is 46.7 cm³/mol. The monoisotopic (exact) mass is 159 g/mol. The van der Waals surface area contributed by atoms with E-state index in [1.807, 2.05) is 0 Å². The van der Waals surface area contributed by atoms with Gasteiger partial charge in [-0.2, -0.15) is 0 Å². The molecule has 1 nitrogen and oxygen atoms in total. The van der Waals surface area contributed by atoms with Crippen LogP contribution in [0, 0.1) is 0 Å². The molecule has 1 unspecified atom stereocenters. The Balaban J connectivity index is 2.95. The zero-order valence-electron chi connectivity index (χ0n) is 6.51. The average molecular weight is 159 g/mol. The minimum atomic E-state index is -0.614. The van der Waals surface area contributed by atoms with Gasteiger partial charge in [0.1, 0.15) is 0 Å². The first kappa shape index (κ1) is 10.0. The van der Waals surface area contributed by atoms with Gasteiger partial charge < -0.3 is 0 Å². The van der Waals surface area contributed by atoms with Crippen molar-refractivity contribution in [3.63, 3.8) is 0 Å². The van der Waals surface area contributed by atoms with E-state index in [4.69, 9.17) is 0 Å². The van der Waals surface area contributed by atoms with Crippen molar-refractivity contribution in [2.75, 3.05) is 5.75 Å². The Kier molecular flexibility index (Phi) is 7.20. The average Bonchev–Trinajstić information content (AvgIpc) is 1.98. The first-order valence-electron chi connectivity index (χ1n) is 3.71. The van der Waals surface area contributed by atoms with Crippen LogP contribution in [0.15, 0.2) is 12.7 Å². The van der Waals surface area contributed by atoms with Crippen molar-refractivity contribution in [3.8, 4) is 0 Å². The quantitative estimate of drug-likeness (QED) is 0.331. The summed E-state index contributed by atoms with van der Waals surface area (Å²) in [7, 11) is 0. The normalized spacial score (nSPS) is 13.0. The van der Waals surface area contributed by atoms with Gasteiger partial charge in [0.25, 0.3) is 0 Å². The fourth-order valence-electron chi connectivity index (χ4n) is 0.620. The van der Waals surface area contributed by atoms with Crippen molar-refractivity contribution < 1.29 is 5.11 Å². The SMILES string of the molecule is C=CC([O])SCCCCC. The fraction of sp³-hybridized carbons (Fsp3) is 0.750. The van der Waals surface area contributed by atoms with Gasteiger partial charge in [-0.05, 0) is 18.2 Å². The molecule has 0 spiro atoms. The summed E-state index contributed by atoms with van der Waals surface area (Å²) < 4.78 is 0. The van der Waals surface area contributed by atoms with Crippen LogP contribution in [0.5, 0.6) is 0 Å². The van der Waals surface area contributed by atoms with E-state index in [0.717, 1.165) is 12.2 Å². The molecule has 0 fully saturated rings. The highest BCUT2D eigenvalue weighted by Crippen LogP contribution is 2.12. The molecule has 1 radical (unpaired) electrons. The second-order valence-electron chi connectivity index (χ2n) is 2.18. The van der Waals surface area contributed by atoms with Gasteiger partial charge in [0.15, 0.2) is 5.44 Å². The highest BCUT2D eigenvalue weighted by atomic mass is 32.2. The van der Waals surface area contributed by atoms with Crippen molar-refractivity contribution in [1.82, 2.24) is 0 Å². The highest BCUT2D eigenvalue weighted by Gasteiger charge is 1.98. The maximum Gasteiger partial charge on any atom is 0.156 e. The molecule has 0 bridgehead atoms. The van der Waals surface area contributed by atoms with Gasteiger partial charge in [0, 0.05) is 0 Å². The molecule has 0 aromatic heterocycles. The maximum atomic E-state index is 10.7. The van der Waals surface area contributed by atoms with Crippen LogP contribution in [0.25, 0.3) is 0 Å². The summed E-state index contributed by atoms with van der Waals surface area (Å²) >= 11 is 1.44. The lowest BCUT2D eigenvalue weighted by Crippen LogP contribution is -1.93. The lowest BCUT2D eigenvalue weighted by molar-refractivity contribution is 0.203. The molecule has 0 rings (SSSR count). The van der Waals surface area contributed by atoms with Crippen molar-refractivity contribution in [2.24, 2.45) is 0 Å². The highest BCUT2D eigenvalue weighted by molar-refractivity contribution is 7.99. The van der Waals surface area contributed by atoms with E-state index in [9.17, 15) is 5.11 Å². The van der Waals surface area contributed by atoms with Crippen LogP contribution in [0.4, 0.5) is 0 Å². The number of unbranched alkanes of at least 4 members (excludes halogenated alkanes) is 2. The Morgan fingerprint density at radius 3 is 2.80 bits per heavy atom. The molecule has 0 saturated heterocycles. The number of rotatable bonds is 6. The molecule has 0 aliphatic heterocycles. The van der Waals surface area contributed by atoms with E-state index in [1.165, 1.54) is 30.7 Å². The van der Waals surface area contributed by atoms with E-state index in [0.29, 0.717) is 0 Å². The Morgan fingerprint density at radius 2 is 2.30 bits per heavy atom. The molecule has 0 aliphatic carbocycles. The molecule has 0 saturated carbocycles. The molecule has 0 heterocycles. The summed E-state index contributed by atoms with van der Waals surface area (Å²) in [5.74, 6) is 0.980. The molecule has 59 valence electrons. The molecule has 1 atom stereocenters. The zero-order chi connectivity index (χ0) is 7.82. The molecular formula is C8H15OS. The smallest absolute Gasteiger partial charge is 0.156 e. The van der Waals surface area contributed by atoms with Crippen LogP contribution >= 0.6 is 11.8 Å². The van der Waals surface area contributed by atoms with Crippen LogP contribution in [0.1, 0.15) is 26.2 Å². The molecule has 0 aliphatic rings. The molecule has 0 N–H and O–H groups in total. The third-order valence-electron chi connectivity index (χ3n) is 1.22. The Morgan fingerprint density at radius 1 is 1.60 bits per heavy atom. The van der Waals surface area contributed by atoms with E-state index >= 15 is 0 Å². The van der Waals surface area contributed by atoms with Crippen molar-refractivity contribution in [1.29, 1.82) is 0 Å². The van der Waals surface area contributed by atoms with Crippen molar-refractivity contribution >= 4 is 11.8 Å². The molecule has 0 aromatic carbocycles. The Labute approximate surface area is 67.5 Å². The number of hydrogen-bond donors (Lipinski definition) is 0. The van der Waals surface area contributed by atoms with Gasteiger partial charge in [0.05, 0.1) is 0 Å². The maximum absolute atomic E-state index is 10.7. The van der Waals surface area contributed by atoms with Crippen LogP contribution < -0.4 is 0 Å². The summed E-state index contributed by atoms with van der Waals surface area (Å²) in [5.41, 5.74) is -0.614. The predicted octanol–water partition coefficient (Wildman–Crippen LogP) is 2.85. The van der Waals surface area contributed by atoms with Gasteiger partial charge in [-0.15, -0.1) is 11.8 Å². The zero-order valence-corrected chi connectivity index (χ0v) is 7.32. The van der Waals surface area contributed by atoms with Gasteiger partial charge in [-0.1, -0.05) is 26.3 Å². The van der Waals surface area contributed by atoms with Gasteiger partial charge in [0.2, 0.25) is 0 Å². The molecule has 10 heavy (non-hydrogen) atoms. The van der Waals surface area contributed by atoms with E-state index in [-0.39, 0.29) is 0 Å². The molecular weight excluding hydrogens is 144 g/mol.